The van der Waals surface area contributed by atoms with E-state index < -0.39 is 34.7 Å². The van der Waals surface area contributed by atoms with Crippen molar-refractivity contribution in [3.05, 3.63) is 133 Å². The van der Waals surface area contributed by atoms with E-state index in [2.05, 4.69) is 0 Å². The molecule has 16 nitrogen and oxygen atoms in total. The molecule has 2 unspecified atom stereocenters. The Labute approximate surface area is 469 Å². The minimum atomic E-state index is -1.23. The summed E-state index contributed by atoms with van der Waals surface area (Å²) in [6.45, 7) is 6.16. The van der Waals surface area contributed by atoms with Gasteiger partial charge in [-0.05, 0) is 92.1 Å². The third-order valence-electron chi connectivity index (χ3n) is 12.2. The summed E-state index contributed by atoms with van der Waals surface area (Å²) < 4.78 is 5.27. The number of amides is 3. The average molecular weight is 1170 g/mol. The van der Waals surface area contributed by atoms with Gasteiger partial charge in [0.1, 0.15) is 43.9 Å². The van der Waals surface area contributed by atoms with Crippen LogP contribution < -0.4 is 34.4 Å². The minimum Gasteiger partial charge on any atom is -0.480 e. The Morgan fingerprint density at radius 2 is 1.07 bits per heavy atom. The number of carboxylic acid groups (broad SMARTS) is 2. The maximum absolute atomic E-state index is 13.8. The van der Waals surface area contributed by atoms with Crippen molar-refractivity contribution in [2.75, 3.05) is 37.6 Å². The molecule has 0 saturated carbocycles. The minimum absolute atomic E-state index is 0.124. The van der Waals surface area contributed by atoms with Crippen molar-refractivity contribution in [3.8, 4) is 0 Å². The topological polar surface area (TPSA) is 186 Å². The predicted octanol–water partition coefficient (Wildman–Crippen LogP) is 4.91. The molecule has 0 aliphatic carbocycles. The summed E-state index contributed by atoms with van der Waals surface area (Å²) in [5, 5.41) is 18.5. The number of thiazole rings is 2. The van der Waals surface area contributed by atoms with E-state index in [1.54, 1.807) is 35.9 Å². The lowest BCUT2D eigenvalue weighted by Crippen LogP contribution is -2.43. The zero-order valence-electron chi connectivity index (χ0n) is 40.1. The number of thiocarbonyl (C=S) groups is 3. The summed E-state index contributed by atoms with van der Waals surface area (Å²) >= 11 is 23.6. The van der Waals surface area contributed by atoms with E-state index in [9.17, 15) is 43.8 Å². The Bertz CT molecular complexity index is 3680. The Morgan fingerprint density at radius 1 is 0.613 bits per heavy atom. The first-order chi connectivity index (χ1) is 35.9. The van der Waals surface area contributed by atoms with E-state index >= 15 is 0 Å². The van der Waals surface area contributed by atoms with E-state index in [1.807, 2.05) is 97.6 Å². The molecule has 4 fully saturated rings. The lowest BCUT2D eigenvalue weighted by Gasteiger charge is -2.26. The molecule has 0 bridgehead atoms. The Kier molecular flexibility index (Phi) is 16.4. The number of hydrogen-bond acceptors (Lipinski definition) is 18. The quantitative estimate of drug-likeness (QED) is 0.143. The molecule has 386 valence electrons. The highest BCUT2D eigenvalue weighted by Gasteiger charge is 2.47. The van der Waals surface area contributed by atoms with Gasteiger partial charge in [-0.25, -0.2) is 0 Å². The van der Waals surface area contributed by atoms with Gasteiger partial charge in [0, 0.05) is 55.2 Å². The van der Waals surface area contributed by atoms with Gasteiger partial charge < -0.3 is 19.7 Å². The van der Waals surface area contributed by atoms with Crippen molar-refractivity contribution < 1.29 is 34.2 Å². The van der Waals surface area contributed by atoms with Crippen LogP contribution in [-0.4, -0.2) is 125 Å². The molecule has 2 atom stereocenters. The largest absolute Gasteiger partial charge is 0.480 e. The highest BCUT2D eigenvalue weighted by molar-refractivity contribution is 8.30. The number of carbonyl (C=O) groups excluding carboxylic acids is 3. The lowest BCUT2D eigenvalue weighted by atomic mass is 10.1. The van der Waals surface area contributed by atoms with Crippen LogP contribution in [0, 0.1) is 0 Å². The highest BCUT2D eigenvalue weighted by Crippen LogP contribution is 2.44. The van der Waals surface area contributed by atoms with Gasteiger partial charge in [-0.3, -0.25) is 57.7 Å². The van der Waals surface area contributed by atoms with Gasteiger partial charge in [0.2, 0.25) is 5.91 Å². The van der Waals surface area contributed by atoms with Crippen molar-refractivity contribution in [3.63, 3.8) is 0 Å². The van der Waals surface area contributed by atoms with Gasteiger partial charge in [-0.2, -0.15) is 0 Å². The maximum atomic E-state index is 13.8. The van der Waals surface area contributed by atoms with E-state index in [0.717, 1.165) is 60.8 Å². The Balaban J connectivity index is 1.07. The van der Waals surface area contributed by atoms with Crippen LogP contribution in [0.25, 0.3) is 28.0 Å². The van der Waals surface area contributed by atoms with Crippen molar-refractivity contribution >= 4 is 194 Å². The molecule has 75 heavy (non-hydrogen) atoms. The zero-order chi connectivity index (χ0) is 53.6. The predicted molar refractivity (Wildman–Crippen MR) is 314 cm³/mol. The van der Waals surface area contributed by atoms with Gasteiger partial charge in [0.15, 0.2) is 0 Å². The number of thioether (sulfide) groups is 4. The number of benzene rings is 3. The third kappa shape index (κ3) is 10.9. The van der Waals surface area contributed by atoms with Crippen molar-refractivity contribution in [2.24, 2.45) is 7.05 Å². The van der Waals surface area contributed by atoms with Crippen LogP contribution in [0.5, 0.6) is 0 Å². The number of aliphatic carboxylic acids is 2. The molecule has 3 amide bonds. The molecule has 9 rings (SSSR count). The van der Waals surface area contributed by atoms with Gasteiger partial charge in [-0.1, -0.05) is 108 Å². The molecule has 6 heterocycles. The molecule has 5 aromatic rings. The number of hydrogen-bond donors (Lipinski definition) is 2. The van der Waals surface area contributed by atoms with Crippen LogP contribution in [0.15, 0.2) is 87.3 Å². The van der Waals surface area contributed by atoms with Gasteiger partial charge >= 0.3 is 11.9 Å². The summed E-state index contributed by atoms with van der Waals surface area (Å²) in [5.74, 6) is -2.96. The van der Waals surface area contributed by atoms with Crippen LogP contribution in [0.1, 0.15) is 37.5 Å². The van der Waals surface area contributed by atoms with Gasteiger partial charge in [-0.15, -0.1) is 34.4 Å². The molecule has 2 N–H and O–H groups in total. The van der Waals surface area contributed by atoms with E-state index in [1.165, 1.54) is 61.0 Å². The standard InChI is InChI=1S/C50H43N7O9S9/c1-5-53-42(64)37(73-48(53)67)45-51(4)40(62)33(71-45)21-27-10-16-30(17-11-27)57(29-14-8-26(9-15-29)20-32-23-52(24-35(58)59)46(70-32)38-43(65)54(6-2)49(68)74-38)31-18-12-28(13-19-31)22-34-41(63)56(25-36(60)61)47(72-34)39-44(66)55(7-3)50(69)75-39/h8-22,38,46H,5-7,23-25H2,1-4H3,(H,58,59)(H,60,61)/b32-20-,33-21?,34-22+,45-37+,47-39+. The maximum Gasteiger partial charge on any atom is 0.323 e. The number of carboxylic acids is 2. The number of nitrogens with zero attached hydrogens (tertiary/aromatic N) is 7. The SMILES string of the molecule is CCN1C(=O)/C(=c2\sc(=Cc3ccc(N(c4ccc(/C=C5/CN(CC(=O)O)C(C6SC(=S)N(CC)C6=O)S5)cc4)c4ccc(/C=c5/s/c(=C6/SC(=S)N(CC)C6=O)n(CC(=O)O)c5=O)cc4)cc3)c(=O)n2C)SC1=S. The summed E-state index contributed by atoms with van der Waals surface area (Å²) in [4.78, 5) is 101. The first-order valence-electron chi connectivity index (χ1n) is 23.0. The molecule has 0 radical (unpaired) electrons. The molecule has 3 aromatic carbocycles. The summed E-state index contributed by atoms with van der Waals surface area (Å²) in [7, 11) is 1.64. The zero-order valence-corrected chi connectivity index (χ0v) is 47.5. The smallest absolute Gasteiger partial charge is 0.323 e. The Morgan fingerprint density at radius 3 is 1.52 bits per heavy atom. The van der Waals surface area contributed by atoms with Crippen molar-refractivity contribution in [1.29, 1.82) is 0 Å². The summed E-state index contributed by atoms with van der Waals surface area (Å²) in [6.07, 6.45) is 5.43. The number of carbonyl (C=O) groups is 5. The molecule has 2 aromatic heterocycles. The van der Waals surface area contributed by atoms with Crippen molar-refractivity contribution in [1.82, 2.24) is 28.7 Å². The monoisotopic (exact) mass is 1170 g/mol. The molecule has 0 spiro atoms. The summed E-state index contributed by atoms with van der Waals surface area (Å²) in [6, 6.07) is 22.9. The first kappa shape index (κ1) is 54.3. The second-order valence-corrected chi connectivity index (χ2v) is 25.3. The van der Waals surface area contributed by atoms with Gasteiger partial charge in [0.05, 0.1) is 21.0 Å². The molecular formula is C50H43N7O9S9. The molecule has 4 aliphatic heterocycles. The van der Waals surface area contributed by atoms with Crippen LogP contribution in [0.3, 0.4) is 0 Å². The van der Waals surface area contributed by atoms with Gasteiger partial charge in [0.25, 0.3) is 22.9 Å². The van der Waals surface area contributed by atoms with E-state index in [-0.39, 0.29) is 43.9 Å². The molecular weight excluding hydrogens is 1130 g/mol. The number of rotatable bonds is 14. The normalized spacial score (nSPS) is 20.9. The van der Waals surface area contributed by atoms with Crippen LogP contribution in [-0.2, 0) is 37.6 Å². The van der Waals surface area contributed by atoms with Crippen LogP contribution >= 0.6 is 106 Å². The fourth-order valence-electron chi connectivity index (χ4n) is 8.57. The highest BCUT2D eigenvalue weighted by atomic mass is 32.2. The summed E-state index contributed by atoms with van der Waals surface area (Å²) in [5.41, 5.74) is 3.72. The average Bonchev–Trinajstić information content (AvgIpc) is 4.20. The lowest BCUT2D eigenvalue weighted by molar-refractivity contribution is -0.139. The first-order valence-corrected chi connectivity index (χ1v) is 29.3. The molecule has 4 saturated heterocycles. The molecule has 25 heteroatoms. The van der Waals surface area contributed by atoms with E-state index in [0.29, 0.717) is 58.8 Å². The third-order valence-corrected chi connectivity index (χ3v) is 20.8. The second-order valence-electron chi connectivity index (χ2n) is 16.9. The molecule has 4 aliphatic rings. The Hall–Kier alpha value is -5.48. The van der Waals surface area contributed by atoms with Crippen LogP contribution in [0.2, 0.25) is 0 Å². The number of aromatic nitrogens is 2. The second kappa shape index (κ2) is 22.6. The fraction of sp³-hybridized carbons (Fsp3) is 0.240. The number of anilines is 3. The van der Waals surface area contributed by atoms with Crippen LogP contribution in [0.4, 0.5) is 17.1 Å². The van der Waals surface area contributed by atoms with Crippen molar-refractivity contribution in [2.45, 2.75) is 37.9 Å². The van der Waals surface area contributed by atoms with E-state index in [4.69, 9.17) is 36.7 Å². The fourth-order valence-corrected chi connectivity index (χ4v) is 17.1.